The molecule has 0 aliphatic heterocycles. The lowest BCUT2D eigenvalue weighted by Crippen LogP contribution is -2.06. The SMILES string of the molecule is CN/C(=C\C=C(C)C)CF. The second-order valence-electron chi connectivity index (χ2n) is 2.32. The minimum Gasteiger partial charge on any atom is -0.389 e. The maximum atomic E-state index is 11.9. The van der Waals surface area contributed by atoms with Gasteiger partial charge in [-0.3, -0.25) is 0 Å². The number of hydrogen-bond donors (Lipinski definition) is 1. The van der Waals surface area contributed by atoms with E-state index >= 15 is 0 Å². The van der Waals surface area contributed by atoms with Gasteiger partial charge < -0.3 is 5.32 Å². The topological polar surface area (TPSA) is 12.0 Å². The molecule has 0 heterocycles. The summed E-state index contributed by atoms with van der Waals surface area (Å²) in [4.78, 5) is 0. The van der Waals surface area contributed by atoms with Gasteiger partial charge in [-0.15, -0.1) is 0 Å². The molecule has 0 radical (unpaired) electrons. The van der Waals surface area contributed by atoms with Gasteiger partial charge in [-0.25, -0.2) is 4.39 Å². The fourth-order valence-electron chi connectivity index (χ4n) is 0.462. The Morgan fingerprint density at radius 2 is 2.00 bits per heavy atom. The molecule has 0 atom stereocenters. The van der Waals surface area contributed by atoms with Crippen LogP contribution in [-0.2, 0) is 0 Å². The molecule has 0 fully saturated rings. The average Bonchev–Trinajstić information content (AvgIpc) is 1.90. The van der Waals surface area contributed by atoms with Gasteiger partial charge in [0.25, 0.3) is 0 Å². The Bertz CT molecular complexity index is 137. The largest absolute Gasteiger partial charge is 0.389 e. The minimum absolute atomic E-state index is 0.430. The molecule has 2 heteroatoms. The summed E-state index contributed by atoms with van der Waals surface area (Å²) < 4.78 is 11.9. The van der Waals surface area contributed by atoms with Crippen LogP contribution in [0, 0.1) is 0 Å². The molecule has 1 N–H and O–H groups in total. The molecule has 0 saturated heterocycles. The number of halogens is 1. The maximum Gasteiger partial charge on any atom is 0.129 e. The van der Waals surface area contributed by atoms with Crippen molar-refractivity contribution in [1.29, 1.82) is 0 Å². The van der Waals surface area contributed by atoms with Gasteiger partial charge in [0, 0.05) is 12.7 Å². The van der Waals surface area contributed by atoms with E-state index in [2.05, 4.69) is 5.32 Å². The Morgan fingerprint density at radius 3 is 2.30 bits per heavy atom. The van der Waals surface area contributed by atoms with Crippen LogP contribution in [0.25, 0.3) is 0 Å². The number of rotatable bonds is 3. The van der Waals surface area contributed by atoms with E-state index in [4.69, 9.17) is 0 Å². The summed E-state index contributed by atoms with van der Waals surface area (Å²) in [5.41, 5.74) is 1.78. The third-order valence-corrected chi connectivity index (χ3v) is 1.08. The van der Waals surface area contributed by atoms with Gasteiger partial charge in [0.15, 0.2) is 0 Å². The molecule has 0 aliphatic carbocycles. The van der Waals surface area contributed by atoms with Crippen molar-refractivity contribution in [1.82, 2.24) is 5.32 Å². The molecule has 1 nitrogen and oxygen atoms in total. The lowest BCUT2D eigenvalue weighted by atomic mass is 10.3. The molecule has 0 bridgehead atoms. The first-order valence-electron chi connectivity index (χ1n) is 3.28. The summed E-state index contributed by atoms with van der Waals surface area (Å²) in [5, 5.41) is 2.75. The van der Waals surface area contributed by atoms with Crippen LogP contribution in [0.4, 0.5) is 4.39 Å². The smallest absolute Gasteiger partial charge is 0.129 e. The van der Waals surface area contributed by atoms with Crippen LogP contribution in [-0.4, -0.2) is 13.7 Å². The first-order valence-corrected chi connectivity index (χ1v) is 3.28. The zero-order chi connectivity index (χ0) is 7.98. The summed E-state index contributed by atoms with van der Waals surface area (Å²) in [6.45, 7) is 3.52. The molecule has 10 heavy (non-hydrogen) atoms. The van der Waals surface area contributed by atoms with Crippen molar-refractivity contribution in [2.45, 2.75) is 13.8 Å². The van der Waals surface area contributed by atoms with E-state index < -0.39 is 6.67 Å². The van der Waals surface area contributed by atoms with Gasteiger partial charge in [-0.05, 0) is 19.9 Å². The van der Waals surface area contributed by atoms with Crippen molar-refractivity contribution in [2.75, 3.05) is 13.7 Å². The van der Waals surface area contributed by atoms with Crippen LogP contribution in [0.15, 0.2) is 23.4 Å². The van der Waals surface area contributed by atoms with E-state index in [0.717, 1.165) is 0 Å². The first-order chi connectivity index (χ1) is 4.70. The zero-order valence-corrected chi connectivity index (χ0v) is 6.74. The summed E-state index contributed by atoms with van der Waals surface area (Å²) in [6, 6.07) is 0. The fourth-order valence-corrected chi connectivity index (χ4v) is 0.462. The molecule has 0 rings (SSSR count). The maximum absolute atomic E-state index is 11.9. The van der Waals surface area contributed by atoms with E-state index in [1.54, 1.807) is 13.1 Å². The predicted molar refractivity (Wildman–Crippen MR) is 42.5 cm³/mol. The molecule has 58 valence electrons. The van der Waals surface area contributed by atoms with Crippen molar-refractivity contribution < 1.29 is 4.39 Å². The predicted octanol–water partition coefficient (Wildman–Crippen LogP) is 2.03. The van der Waals surface area contributed by atoms with Crippen molar-refractivity contribution in [3.63, 3.8) is 0 Å². The Kier molecular flexibility index (Phi) is 4.63. The second-order valence-corrected chi connectivity index (χ2v) is 2.32. The molecule has 0 unspecified atom stereocenters. The quantitative estimate of drug-likeness (QED) is 0.596. The van der Waals surface area contributed by atoms with E-state index in [9.17, 15) is 4.39 Å². The van der Waals surface area contributed by atoms with Crippen molar-refractivity contribution in [2.24, 2.45) is 0 Å². The second kappa shape index (κ2) is 5.03. The number of nitrogens with one attached hydrogen (secondary N) is 1. The lowest BCUT2D eigenvalue weighted by Gasteiger charge is -1.97. The van der Waals surface area contributed by atoms with Crippen LogP contribution in [0.3, 0.4) is 0 Å². The van der Waals surface area contributed by atoms with E-state index in [1.165, 1.54) is 5.57 Å². The summed E-state index contributed by atoms with van der Waals surface area (Å²) in [7, 11) is 1.71. The highest BCUT2D eigenvalue weighted by Gasteiger charge is 1.86. The number of allylic oxidation sites excluding steroid dienone is 4. The van der Waals surface area contributed by atoms with Gasteiger partial charge in [-0.2, -0.15) is 0 Å². The molecule has 0 aromatic carbocycles. The summed E-state index contributed by atoms with van der Waals surface area (Å²) >= 11 is 0. The third-order valence-electron chi connectivity index (χ3n) is 1.08. The molecular formula is C8H14FN. The molecule has 0 aliphatic rings. The van der Waals surface area contributed by atoms with Gasteiger partial charge in [0.2, 0.25) is 0 Å². The highest BCUT2D eigenvalue weighted by Crippen LogP contribution is 1.94. The van der Waals surface area contributed by atoms with Gasteiger partial charge in [0.1, 0.15) is 6.67 Å². The van der Waals surface area contributed by atoms with Gasteiger partial charge in [-0.1, -0.05) is 11.6 Å². The molecule has 0 amide bonds. The van der Waals surface area contributed by atoms with E-state index in [1.807, 2.05) is 19.9 Å². The Hall–Kier alpha value is -0.790. The van der Waals surface area contributed by atoms with Gasteiger partial charge >= 0.3 is 0 Å². The average molecular weight is 143 g/mol. The van der Waals surface area contributed by atoms with Crippen LogP contribution < -0.4 is 5.32 Å². The van der Waals surface area contributed by atoms with Crippen LogP contribution in [0.5, 0.6) is 0 Å². The first kappa shape index (κ1) is 9.21. The molecule has 0 aromatic heterocycles. The molecular weight excluding hydrogens is 129 g/mol. The van der Waals surface area contributed by atoms with Crippen molar-refractivity contribution in [3.05, 3.63) is 23.4 Å². The third kappa shape index (κ3) is 4.13. The fraction of sp³-hybridized carbons (Fsp3) is 0.500. The summed E-state index contributed by atoms with van der Waals surface area (Å²) in [5.74, 6) is 0. The Balaban J connectivity index is 3.99. The van der Waals surface area contributed by atoms with Crippen molar-refractivity contribution in [3.8, 4) is 0 Å². The van der Waals surface area contributed by atoms with Crippen molar-refractivity contribution >= 4 is 0 Å². The molecule has 0 saturated carbocycles. The van der Waals surface area contributed by atoms with E-state index in [0.29, 0.717) is 5.70 Å². The highest BCUT2D eigenvalue weighted by atomic mass is 19.1. The van der Waals surface area contributed by atoms with Gasteiger partial charge in [0.05, 0.1) is 0 Å². The van der Waals surface area contributed by atoms with Crippen LogP contribution in [0.1, 0.15) is 13.8 Å². The molecule has 0 spiro atoms. The number of hydrogen-bond acceptors (Lipinski definition) is 1. The monoisotopic (exact) mass is 143 g/mol. The lowest BCUT2D eigenvalue weighted by molar-refractivity contribution is 0.526. The minimum atomic E-state index is -0.430. The Labute approximate surface area is 61.6 Å². The summed E-state index contributed by atoms with van der Waals surface area (Å²) in [6.07, 6.45) is 3.63. The standard InChI is InChI=1S/C8H14FN/c1-7(2)4-5-8(6-9)10-3/h4-5,10H,6H2,1-3H3/b8-5-. The normalized spacial score (nSPS) is 11.0. The van der Waals surface area contributed by atoms with Crippen LogP contribution in [0.2, 0.25) is 0 Å². The zero-order valence-electron chi connectivity index (χ0n) is 6.74. The van der Waals surface area contributed by atoms with Crippen LogP contribution >= 0.6 is 0 Å². The Morgan fingerprint density at radius 1 is 1.40 bits per heavy atom. The number of alkyl halides is 1. The van der Waals surface area contributed by atoms with E-state index in [-0.39, 0.29) is 0 Å². The molecule has 0 aromatic rings. The highest BCUT2D eigenvalue weighted by molar-refractivity contribution is 5.14.